The van der Waals surface area contributed by atoms with Gasteiger partial charge in [0.2, 0.25) is 0 Å². The molecule has 1 saturated carbocycles. The third-order valence-electron chi connectivity index (χ3n) is 4.79. The Bertz CT molecular complexity index is 806. The van der Waals surface area contributed by atoms with Crippen molar-refractivity contribution in [2.24, 2.45) is 0 Å². The van der Waals surface area contributed by atoms with Gasteiger partial charge in [-0.05, 0) is 37.0 Å². The lowest BCUT2D eigenvalue weighted by Gasteiger charge is -2.23. The lowest BCUT2D eigenvalue weighted by atomic mass is 10.2. The number of hydrogen-bond donors (Lipinski definition) is 1. The molecule has 1 aliphatic carbocycles. The van der Waals surface area contributed by atoms with Crippen LogP contribution in [-0.4, -0.2) is 47.9 Å². The van der Waals surface area contributed by atoms with Crippen LogP contribution in [0.25, 0.3) is 0 Å². The number of methoxy groups -OCH3 is 1. The number of benzene rings is 2. The molecule has 29 heavy (non-hydrogen) atoms. The first-order chi connectivity index (χ1) is 14.1. The van der Waals surface area contributed by atoms with E-state index in [0.717, 1.165) is 10.6 Å². The van der Waals surface area contributed by atoms with E-state index < -0.39 is 18.4 Å². The Morgan fingerprint density at radius 2 is 1.69 bits per heavy atom. The van der Waals surface area contributed by atoms with Gasteiger partial charge in [0.1, 0.15) is 18.9 Å². The molecule has 2 aromatic carbocycles. The number of rotatable bonds is 7. The van der Waals surface area contributed by atoms with E-state index in [1.54, 1.807) is 24.3 Å². The van der Waals surface area contributed by atoms with Crippen LogP contribution >= 0.6 is 0 Å². The van der Waals surface area contributed by atoms with Gasteiger partial charge >= 0.3 is 5.97 Å². The molecular weight excluding hydrogens is 374 g/mol. The van der Waals surface area contributed by atoms with Gasteiger partial charge in [-0.1, -0.05) is 42.5 Å². The average molecular weight is 399 g/mol. The van der Waals surface area contributed by atoms with E-state index in [4.69, 9.17) is 19.4 Å². The van der Waals surface area contributed by atoms with Crippen LogP contribution in [0.1, 0.15) is 35.2 Å². The molecular formula is C22H25NO6. The molecule has 1 amide bonds. The summed E-state index contributed by atoms with van der Waals surface area (Å²) in [5, 5.41) is 9.82. The summed E-state index contributed by atoms with van der Waals surface area (Å²) >= 11 is 0. The molecule has 154 valence electrons. The number of carbonyl (C=O) groups is 2. The molecule has 3 fully saturated rings. The fourth-order valence-electron chi connectivity index (χ4n) is 3.28. The smallest absolute Gasteiger partial charge is 0.325 e. The highest BCUT2D eigenvalue weighted by molar-refractivity contribution is 5.97. The molecule has 7 heteroatoms. The van der Waals surface area contributed by atoms with E-state index >= 15 is 0 Å². The number of para-hydroxylation sites is 1. The van der Waals surface area contributed by atoms with Gasteiger partial charge in [-0.2, -0.15) is 0 Å². The summed E-state index contributed by atoms with van der Waals surface area (Å²) in [7, 11) is 1.44. The molecule has 0 radical (unpaired) electrons. The minimum atomic E-state index is -1.17. The SMILES string of the molecule is C1CC2CC1O2.COc1ccccc1C(=O)N(CC(=O)O)OCc1ccccc1. The molecule has 2 bridgehead atoms. The fourth-order valence-corrected chi connectivity index (χ4v) is 3.28. The van der Waals surface area contributed by atoms with Crippen LogP contribution in [0, 0.1) is 0 Å². The molecule has 2 saturated heterocycles. The van der Waals surface area contributed by atoms with Crippen LogP contribution in [0.15, 0.2) is 54.6 Å². The number of carbonyl (C=O) groups excluding carboxylic acids is 1. The molecule has 2 atom stereocenters. The second kappa shape index (κ2) is 10.0. The zero-order valence-corrected chi connectivity index (χ0v) is 16.3. The van der Waals surface area contributed by atoms with Crippen LogP contribution in [0.4, 0.5) is 0 Å². The third kappa shape index (κ3) is 5.79. The number of fused-ring (bicyclic) bond motifs is 1. The zero-order chi connectivity index (χ0) is 20.6. The minimum absolute atomic E-state index is 0.0923. The Morgan fingerprint density at radius 1 is 1.07 bits per heavy atom. The van der Waals surface area contributed by atoms with E-state index in [0.29, 0.717) is 18.0 Å². The first-order valence-electron chi connectivity index (χ1n) is 9.55. The number of carboxylic acid groups (broad SMARTS) is 1. The number of hydrogen-bond acceptors (Lipinski definition) is 5. The summed E-state index contributed by atoms with van der Waals surface area (Å²) in [6, 6.07) is 15.8. The van der Waals surface area contributed by atoms with Crippen LogP contribution in [-0.2, 0) is 21.0 Å². The van der Waals surface area contributed by atoms with Gasteiger partial charge in [0.05, 0.1) is 24.9 Å². The Labute approximate surface area is 169 Å². The standard InChI is InChI=1S/C17H17NO5.C5H8O/c1-22-15-10-6-5-9-14(15)17(21)18(11-16(19)20)23-12-13-7-3-2-4-8-13;1-2-5-3-4(1)6-5/h2-10H,11-12H2,1H3,(H,19,20);4-5H,1-3H2. The van der Waals surface area contributed by atoms with E-state index in [-0.39, 0.29) is 12.2 Å². The Kier molecular flexibility index (Phi) is 7.21. The largest absolute Gasteiger partial charge is 0.496 e. The van der Waals surface area contributed by atoms with Crippen molar-refractivity contribution in [1.82, 2.24) is 5.06 Å². The third-order valence-corrected chi connectivity index (χ3v) is 4.79. The average Bonchev–Trinajstić information content (AvgIpc) is 3.38. The van der Waals surface area contributed by atoms with Crippen LogP contribution in [0.3, 0.4) is 0 Å². The molecule has 0 spiro atoms. The molecule has 2 heterocycles. The van der Waals surface area contributed by atoms with Crippen LogP contribution in [0.2, 0.25) is 0 Å². The van der Waals surface area contributed by atoms with E-state index in [9.17, 15) is 9.59 Å². The predicted molar refractivity (Wildman–Crippen MR) is 105 cm³/mol. The summed E-state index contributed by atoms with van der Waals surface area (Å²) in [6.07, 6.45) is 5.42. The van der Waals surface area contributed by atoms with Crippen LogP contribution in [0.5, 0.6) is 5.75 Å². The predicted octanol–water partition coefficient (Wildman–Crippen LogP) is 3.29. The second-order valence-corrected chi connectivity index (χ2v) is 6.89. The maximum atomic E-state index is 12.5. The maximum absolute atomic E-state index is 12.5. The van der Waals surface area contributed by atoms with Gasteiger partial charge < -0.3 is 14.6 Å². The molecule has 0 aromatic heterocycles. The van der Waals surface area contributed by atoms with Gasteiger partial charge in [-0.25, -0.2) is 5.06 Å². The number of ether oxygens (including phenoxy) is 2. The number of hydroxylamine groups is 2. The van der Waals surface area contributed by atoms with Crippen molar-refractivity contribution in [1.29, 1.82) is 0 Å². The summed E-state index contributed by atoms with van der Waals surface area (Å²) < 4.78 is 10.4. The van der Waals surface area contributed by atoms with Gasteiger partial charge in [0, 0.05) is 0 Å². The number of carboxylic acids is 1. The quantitative estimate of drug-likeness (QED) is 0.719. The van der Waals surface area contributed by atoms with Crippen molar-refractivity contribution in [3.05, 3.63) is 65.7 Å². The lowest BCUT2D eigenvalue weighted by molar-refractivity contribution is -0.162. The minimum Gasteiger partial charge on any atom is -0.496 e. The molecule has 1 N–H and O–H groups in total. The summed E-state index contributed by atoms with van der Waals surface area (Å²) in [4.78, 5) is 28.9. The van der Waals surface area contributed by atoms with E-state index in [1.165, 1.54) is 26.4 Å². The summed E-state index contributed by atoms with van der Waals surface area (Å²) in [5.41, 5.74) is 1.07. The molecule has 7 nitrogen and oxygen atoms in total. The second-order valence-electron chi connectivity index (χ2n) is 6.89. The Balaban J connectivity index is 0.000000334. The van der Waals surface area contributed by atoms with Gasteiger partial charge in [-0.15, -0.1) is 0 Å². The van der Waals surface area contributed by atoms with Crippen molar-refractivity contribution >= 4 is 11.9 Å². The molecule has 5 rings (SSSR count). The molecule has 2 unspecified atom stereocenters. The first-order valence-corrected chi connectivity index (χ1v) is 9.55. The summed E-state index contributed by atoms with van der Waals surface area (Å²) in [5.74, 6) is -1.38. The maximum Gasteiger partial charge on any atom is 0.325 e. The normalized spacial score (nSPS) is 18.8. The monoisotopic (exact) mass is 399 g/mol. The number of amides is 1. The van der Waals surface area contributed by atoms with Gasteiger partial charge in [-0.3, -0.25) is 14.4 Å². The highest BCUT2D eigenvalue weighted by Gasteiger charge is 2.36. The fraction of sp³-hybridized carbons (Fsp3) is 0.364. The molecule has 2 aromatic rings. The summed E-state index contributed by atoms with van der Waals surface area (Å²) in [6.45, 7) is -0.473. The van der Waals surface area contributed by atoms with Crippen molar-refractivity contribution < 1.29 is 29.0 Å². The highest BCUT2D eigenvalue weighted by Crippen LogP contribution is 2.36. The number of aliphatic carboxylic acids is 1. The number of nitrogens with zero attached hydrogens (tertiary/aromatic N) is 1. The zero-order valence-electron chi connectivity index (χ0n) is 16.3. The van der Waals surface area contributed by atoms with E-state index in [2.05, 4.69) is 0 Å². The van der Waals surface area contributed by atoms with Crippen molar-refractivity contribution in [2.75, 3.05) is 13.7 Å². The van der Waals surface area contributed by atoms with E-state index in [1.807, 2.05) is 30.3 Å². The topological polar surface area (TPSA) is 85.3 Å². The Morgan fingerprint density at radius 3 is 2.24 bits per heavy atom. The van der Waals surface area contributed by atoms with Crippen LogP contribution < -0.4 is 4.74 Å². The van der Waals surface area contributed by atoms with Gasteiger partial charge in [0.15, 0.2) is 0 Å². The van der Waals surface area contributed by atoms with Crippen molar-refractivity contribution in [2.45, 2.75) is 38.1 Å². The highest BCUT2D eigenvalue weighted by atomic mass is 16.7. The molecule has 2 aliphatic heterocycles. The van der Waals surface area contributed by atoms with Crippen molar-refractivity contribution in [3.8, 4) is 5.75 Å². The van der Waals surface area contributed by atoms with Gasteiger partial charge in [0.25, 0.3) is 5.91 Å². The Hall–Kier alpha value is -2.90. The van der Waals surface area contributed by atoms with Crippen molar-refractivity contribution in [3.63, 3.8) is 0 Å². The lowest BCUT2D eigenvalue weighted by Crippen LogP contribution is -2.35. The first kappa shape index (κ1) is 20.8. The molecule has 3 aliphatic rings.